The molecule has 0 atom stereocenters. The van der Waals surface area contributed by atoms with Gasteiger partial charge in [-0.3, -0.25) is 4.79 Å². The van der Waals surface area contributed by atoms with Crippen molar-refractivity contribution in [3.63, 3.8) is 0 Å². The van der Waals surface area contributed by atoms with Crippen molar-refractivity contribution in [2.24, 2.45) is 0 Å². The van der Waals surface area contributed by atoms with Gasteiger partial charge < -0.3 is 14.2 Å². The highest BCUT2D eigenvalue weighted by molar-refractivity contribution is 6.01. The highest BCUT2D eigenvalue weighted by atomic mass is 16.3. The van der Waals surface area contributed by atoms with Gasteiger partial charge in [-0.05, 0) is 19.2 Å². The van der Waals surface area contributed by atoms with Gasteiger partial charge >= 0.3 is 0 Å². The summed E-state index contributed by atoms with van der Waals surface area (Å²) < 4.78 is 5.11. The van der Waals surface area contributed by atoms with Gasteiger partial charge in [-0.2, -0.15) is 5.26 Å². The zero-order valence-corrected chi connectivity index (χ0v) is 10.3. The fraction of sp³-hybridized carbons (Fsp3) is 0.385. The summed E-state index contributed by atoms with van der Waals surface area (Å²) in [5, 5.41) is 9.06. The van der Waals surface area contributed by atoms with Crippen LogP contribution in [0.4, 0.5) is 0 Å². The Morgan fingerprint density at radius 2 is 2.17 bits per heavy atom. The summed E-state index contributed by atoms with van der Waals surface area (Å²) in [6, 6.07) is 5.39. The second kappa shape index (κ2) is 5.52. The first kappa shape index (κ1) is 12.4. The predicted octanol–water partition coefficient (Wildman–Crippen LogP) is 0.961. The average Bonchev–Trinajstić information content (AvgIpc) is 2.89. The molecular weight excluding hydrogens is 230 g/mol. The molecule has 1 amide bonds. The third-order valence-corrected chi connectivity index (χ3v) is 2.97. The van der Waals surface area contributed by atoms with Crippen LogP contribution in [0.1, 0.15) is 5.76 Å². The van der Waals surface area contributed by atoms with Crippen LogP contribution in [0.25, 0.3) is 6.08 Å². The lowest BCUT2D eigenvalue weighted by Gasteiger charge is -2.32. The SMILES string of the molecule is CN1CCN(C(=O)/C(C#N)=C/c2ccco2)CC1. The second-order valence-corrected chi connectivity index (χ2v) is 4.28. The molecule has 2 heterocycles. The fourth-order valence-corrected chi connectivity index (χ4v) is 1.84. The van der Waals surface area contributed by atoms with Gasteiger partial charge in [0.15, 0.2) is 0 Å². The first-order valence-corrected chi connectivity index (χ1v) is 5.84. The number of amides is 1. The van der Waals surface area contributed by atoms with Gasteiger partial charge in [-0.25, -0.2) is 0 Å². The minimum Gasteiger partial charge on any atom is -0.465 e. The van der Waals surface area contributed by atoms with E-state index in [0.717, 1.165) is 13.1 Å². The number of hydrogen-bond acceptors (Lipinski definition) is 4. The number of nitrogens with zero attached hydrogens (tertiary/aromatic N) is 3. The molecule has 94 valence electrons. The smallest absolute Gasteiger partial charge is 0.264 e. The monoisotopic (exact) mass is 245 g/mol. The van der Waals surface area contributed by atoms with Gasteiger partial charge in [-0.15, -0.1) is 0 Å². The van der Waals surface area contributed by atoms with Crippen molar-refractivity contribution in [2.45, 2.75) is 0 Å². The predicted molar refractivity (Wildman–Crippen MR) is 66.4 cm³/mol. The molecule has 0 aromatic carbocycles. The fourth-order valence-electron chi connectivity index (χ4n) is 1.84. The van der Waals surface area contributed by atoms with E-state index in [9.17, 15) is 4.79 Å². The third kappa shape index (κ3) is 2.79. The van der Waals surface area contributed by atoms with Gasteiger partial charge in [0.2, 0.25) is 0 Å². The van der Waals surface area contributed by atoms with Crippen molar-refractivity contribution in [3.8, 4) is 6.07 Å². The van der Waals surface area contributed by atoms with Crippen LogP contribution >= 0.6 is 0 Å². The Bertz CT molecular complexity index is 477. The summed E-state index contributed by atoms with van der Waals surface area (Å²) in [7, 11) is 2.02. The zero-order chi connectivity index (χ0) is 13.0. The molecule has 1 saturated heterocycles. The van der Waals surface area contributed by atoms with E-state index >= 15 is 0 Å². The highest BCUT2D eigenvalue weighted by Gasteiger charge is 2.22. The van der Waals surface area contributed by atoms with Crippen LogP contribution in [0, 0.1) is 11.3 Å². The summed E-state index contributed by atoms with van der Waals surface area (Å²) in [6.45, 7) is 3.00. The van der Waals surface area contributed by atoms with Gasteiger partial charge in [0.1, 0.15) is 17.4 Å². The molecule has 1 aliphatic heterocycles. The Labute approximate surface area is 106 Å². The first-order valence-electron chi connectivity index (χ1n) is 5.84. The van der Waals surface area contributed by atoms with Crippen molar-refractivity contribution >= 4 is 12.0 Å². The molecule has 0 N–H and O–H groups in total. The quantitative estimate of drug-likeness (QED) is 0.575. The van der Waals surface area contributed by atoms with E-state index in [0.29, 0.717) is 18.8 Å². The number of rotatable bonds is 2. The summed E-state index contributed by atoms with van der Waals surface area (Å²) in [5.74, 6) is 0.302. The van der Waals surface area contributed by atoms with Gasteiger partial charge in [0.05, 0.1) is 6.26 Å². The van der Waals surface area contributed by atoms with E-state index in [2.05, 4.69) is 4.90 Å². The first-order chi connectivity index (χ1) is 8.70. The second-order valence-electron chi connectivity index (χ2n) is 4.28. The summed E-state index contributed by atoms with van der Waals surface area (Å²) in [6.07, 6.45) is 3.00. The number of carbonyl (C=O) groups is 1. The van der Waals surface area contributed by atoms with Crippen LogP contribution in [0.2, 0.25) is 0 Å². The average molecular weight is 245 g/mol. The lowest BCUT2D eigenvalue weighted by atomic mass is 10.2. The van der Waals surface area contributed by atoms with E-state index < -0.39 is 0 Å². The summed E-state index contributed by atoms with van der Waals surface area (Å²) in [4.78, 5) is 16.0. The lowest BCUT2D eigenvalue weighted by Crippen LogP contribution is -2.47. The molecule has 1 aromatic rings. The normalized spacial score (nSPS) is 17.6. The van der Waals surface area contributed by atoms with Crippen molar-refractivity contribution in [2.75, 3.05) is 33.2 Å². The molecule has 0 bridgehead atoms. The number of piperazine rings is 1. The molecular formula is C13H15N3O2. The number of hydrogen-bond donors (Lipinski definition) is 0. The Morgan fingerprint density at radius 3 is 2.72 bits per heavy atom. The van der Waals surface area contributed by atoms with Crippen LogP contribution in [0.15, 0.2) is 28.4 Å². The molecule has 5 heteroatoms. The molecule has 0 radical (unpaired) electrons. The Hall–Kier alpha value is -2.06. The number of nitriles is 1. The maximum Gasteiger partial charge on any atom is 0.264 e. The summed E-state index contributed by atoms with van der Waals surface area (Å²) >= 11 is 0. The van der Waals surface area contributed by atoms with E-state index in [4.69, 9.17) is 9.68 Å². The lowest BCUT2D eigenvalue weighted by molar-refractivity contribution is -0.128. The van der Waals surface area contributed by atoms with Crippen LogP contribution in [0.5, 0.6) is 0 Å². The largest absolute Gasteiger partial charge is 0.465 e. The minimum absolute atomic E-state index is 0.120. The number of furan rings is 1. The molecule has 0 aliphatic carbocycles. The van der Waals surface area contributed by atoms with Gasteiger partial charge in [-0.1, -0.05) is 0 Å². The highest BCUT2D eigenvalue weighted by Crippen LogP contribution is 2.11. The number of likely N-dealkylation sites (N-methyl/N-ethyl adjacent to an activating group) is 1. The Kier molecular flexibility index (Phi) is 3.80. The number of carbonyl (C=O) groups excluding carboxylic acids is 1. The third-order valence-electron chi connectivity index (χ3n) is 2.97. The van der Waals surface area contributed by atoms with E-state index in [-0.39, 0.29) is 11.5 Å². The van der Waals surface area contributed by atoms with Crippen molar-refractivity contribution in [3.05, 3.63) is 29.7 Å². The Balaban J connectivity index is 2.09. The minimum atomic E-state index is -0.220. The molecule has 1 aromatic heterocycles. The van der Waals surface area contributed by atoms with Crippen LogP contribution in [0.3, 0.4) is 0 Å². The van der Waals surface area contributed by atoms with E-state index in [1.54, 1.807) is 17.0 Å². The maximum absolute atomic E-state index is 12.1. The Morgan fingerprint density at radius 1 is 1.44 bits per heavy atom. The molecule has 1 aliphatic rings. The molecule has 1 fully saturated rings. The maximum atomic E-state index is 12.1. The van der Waals surface area contributed by atoms with Crippen LogP contribution < -0.4 is 0 Å². The van der Waals surface area contributed by atoms with Gasteiger partial charge in [0.25, 0.3) is 5.91 Å². The molecule has 18 heavy (non-hydrogen) atoms. The summed E-state index contributed by atoms with van der Waals surface area (Å²) in [5.41, 5.74) is 0.120. The van der Waals surface area contributed by atoms with E-state index in [1.165, 1.54) is 12.3 Å². The van der Waals surface area contributed by atoms with Crippen molar-refractivity contribution < 1.29 is 9.21 Å². The topological polar surface area (TPSA) is 60.5 Å². The standard InChI is InChI=1S/C13H15N3O2/c1-15-4-6-16(7-5-15)13(17)11(10-14)9-12-3-2-8-18-12/h2-3,8-9H,4-7H2,1H3/b11-9+. The molecule has 0 spiro atoms. The molecule has 0 saturated carbocycles. The van der Waals surface area contributed by atoms with E-state index in [1.807, 2.05) is 13.1 Å². The molecule has 2 rings (SSSR count). The van der Waals surface area contributed by atoms with Crippen molar-refractivity contribution in [1.82, 2.24) is 9.80 Å². The zero-order valence-electron chi connectivity index (χ0n) is 10.3. The molecule has 0 unspecified atom stereocenters. The van der Waals surface area contributed by atoms with Crippen LogP contribution in [-0.4, -0.2) is 48.9 Å². The van der Waals surface area contributed by atoms with Crippen LogP contribution in [-0.2, 0) is 4.79 Å². The van der Waals surface area contributed by atoms with Gasteiger partial charge in [0, 0.05) is 32.3 Å². The van der Waals surface area contributed by atoms with Crippen molar-refractivity contribution in [1.29, 1.82) is 5.26 Å². The molecule has 5 nitrogen and oxygen atoms in total.